The Labute approximate surface area is 152 Å². The molecule has 0 fully saturated rings. The molecule has 1 atom stereocenters. The van der Waals surface area contributed by atoms with Gasteiger partial charge < -0.3 is 20.1 Å². The average molecular weight is 353 g/mol. The molecule has 25 heavy (non-hydrogen) atoms. The molecular weight excluding hydrogens is 316 g/mol. The summed E-state index contributed by atoms with van der Waals surface area (Å²) >= 11 is 0. The highest BCUT2D eigenvalue weighted by molar-refractivity contribution is 5.80. The molecule has 1 unspecified atom stereocenters. The lowest BCUT2D eigenvalue weighted by atomic mass is 10.2. The fraction of sp³-hybridized carbons (Fsp3) is 0.833. The number of aromatic nitrogens is 2. The van der Waals surface area contributed by atoms with E-state index >= 15 is 0 Å². The Bertz CT molecular complexity index is 484. The van der Waals surface area contributed by atoms with E-state index in [1.165, 1.54) is 6.42 Å². The van der Waals surface area contributed by atoms with Gasteiger partial charge in [-0.2, -0.15) is 4.98 Å². The van der Waals surface area contributed by atoms with E-state index in [9.17, 15) is 0 Å². The molecule has 0 saturated heterocycles. The summed E-state index contributed by atoms with van der Waals surface area (Å²) in [5.74, 6) is 2.27. The molecule has 1 rings (SSSR count). The molecule has 0 aliphatic carbocycles. The fourth-order valence-electron chi connectivity index (χ4n) is 2.65. The van der Waals surface area contributed by atoms with Gasteiger partial charge >= 0.3 is 0 Å². The molecule has 0 aromatic carbocycles. The van der Waals surface area contributed by atoms with Gasteiger partial charge in [-0.25, -0.2) is 0 Å². The van der Waals surface area contributed by atoms with Gasteiger partial charge in [0.05, 0.1) is 0 Å². The Morgan fingerprint density at radius 3 is 2.60 bits per heavy atom. The van der Waals surface area contributed by atoms with E-state index in [0.717, 1.165) is 57.9 Å². The zero-order valence-corrected chi connectivity index (χ0v) is 16.6. The van der Waals surface area contributed by atoms with Crippen molar-refractivity contribution in [2.75, 3.05) is 32.7 Å². The number of hydrogen-bond donors (Lipinski definition) is 2. The van der Waals surface area contributed by atoms with Crippen LogP contribution in [-0.4, -0.2) is 59.8 Å². The lowest BCUT2D eigenvalue weighted by Gasteiger charge is -2.21. The molecule has 1 heterocycles. The summed E-state index contributed by atoms with van der Waals surface area (Å²) in [6, 6.07) is 0.409. The van der Waals surface area contributed by atoms with E-state index in [4.69, 9.17) is 4.52 Å². The van der Waals surface area contributed by atoms with Crippen molar-refractivity contribution in [2.45, 2.75) is 66.3 Å². The number of nitrogens with zero attached hydrogens (tertiary/aromatic N) is 4. The van der Waals surface area contributed by atoms with Gasteiger partial charge in [-0.05, 0) is 59.7 Å². The Kier molecular flexibility index (Phi) is 10.9. The SMILES string of the molecule is CCNC(=NCCCc1nc(C)no1)NC(C)CCCN(CC)CC. The van der Waals surface area contributed by atoms with Crippen LogP contribution in [0.25, 0.3) is 0 Å². The third-order valence-electron chi connectivity index (χ3n) is 4.12. The summed E-state index contributed by atoms with van der Waals surface area (Å²) in [4.78, 5) is 11.3. The summed E-state index contributed by atoms with van der Waals surface area (Å²) in [5.41, 5.74) is 0. The summed E-state index contributed by atoms with van der Waals surface area (Å²) in [6.07, 6.45) is 4.01. The largest absolute Gasteiger partial charge is 0.357 e. The van der Waals surface area contributed by atoms with Crippen LogP contribution in [0.15, 0.2) is 9.52 Å². The van der Waals surface area contributed by atoms with Crippen molar-refractivity contribution in [3.05, 3.63) is 11.7 Å². The van der Waals surface area contributed by atoms with Crippen LogP contribution in [0.1, 0.15) is 58.7 Å². The number of hydrogen-bond acceptors (Lipinski definition) is 5. The van der Waals surface area contributed by atoms with Gasteiger partial charge in [0.1, 0.15) is 0 Å². The van der Waals surface area contributed by atoms with Gasteiger partial charge in [-0.15, -0.1) is 0 Å². The van der Waals surface area contributed by atoms with Gasteiger partial charge in [-0.1, -0.05) is 19.0 Å². The van der Waals surface area contributed by atoms with Crippen LogP contribution in [-0.2, 0) is 6.42 Å². The van der Waals surface area contributed by atoms with Crippen LogP contribution in [0.4, 0.5) is 0 Å². The highest BCUT2D eigenvalue weighted by atomic mass is 16.5. The number of rotatable bonds is 12. The molecule has 7 nitrogen and oxygen atoms in total. The Hall–Kier alpha value is -1.63. The highest BCUT2D eigenvalue weighted by Gasteiger charge is 2.07. The zero-order valence-electron chi connectivity index (χ0n) is 16.6. The lowest BCUT2D eigenvalue weighted by Crippen LogP contribution is -2.42. The summed E-state index contributed by atoms with van der Waals surface area (Å²) in [5, 5.41) is 10.6. The third-order valence-corrected chi connectivity index (χ3v) is 4.12. The van der Waals surface area contributed by atoms with Crippen molar-refractivity contribution in [1.29, 1.82) is 0 Å². The normalized spacial score (nSPS) is 13.3. The minimum Gasteiger partial charge on any atom is -0.357 e. The predicted octanol–water partition coefficient (Wildman–Crippen LogP) is 2.38. The Balaban J connectivity index is 2.30. The fourth-order valence-corrected chi connectivity index (χ4v) is 2.65. The van der Waals surface area contributed by atoms with Crippen LogP contribution >= 0.6 is 0 Å². The van der Waals surface area contributed by atoms with Crippen molar-refractivity contribution in [1.82, 2.24) is 25.7 Å². The molecule has 1 aromatic rings. The van der Waals surface area contributed by atoms with Crippen LogP contribution in [0.3, 0.4) is 0 Å². The number of aliphatic imine (C=N–C) groups is 1. The first-order valence-electron chi connectivity index (χ1n) is 9.65. The molecule has 0 amide bonds. The molecule has 1 aromatic heterocycles. The van der Waals surface area contributed by atoms with E-state index in [1.54, 1.807) is 0 Å². The lowest BCUT2D eigenvalue weighted by molar-refractivity contribution is 0.292. The van der Waals surface area contributed by atoms with Crippen LogP contribution in [0.5, 0.6) is 0 Å². The van der Waals surface area contributed by atoms with E-state index in [1.807, 2.05) is 6.92 Å². The van der Waals surface area contributed by atoms with Crippen molar-refractivity contribution >= 4 is 5.96 Å². The first kappa shape index (κ1) is 21.4. The van der Waals surface area contributed by atoms with E-state index in [2.05, 4.69) is 58.4 Å². The number of guanidine groups is 1. The van der Waals surface area contributed by atoms with Crippen molar-refractivity contribution in [3.63, 3.8) is 0 Å². The Morgan fingerprint density at radius 1 is 1.24 bits per heavy atom. The maximum atomic E-state index is 5.12. The summed E-state index contributed by atoms with van der Waals surface area (Å²) < 4.78 is 5.12. The second kappa shape index (κ2) is 12.7. The van der Waals surface area contributed by atoms with Gasteiger partial charge in [0.25, 0.3) is 0 Å². The van der Waals surface area contributed by atoms with Gasteiger partial charge in [0, 0.05) is 25.6 Å². The first-order valence-corrected chi connectivity index (χ1v) is 9.65. The van der Waals surface area contributed by atoms with E-state index in [-0.39, 0.29) is 0 Å². The average Bonchev–Trinajstić information content (AvgIpc) is 3.01. The molecule has 0 spiro atoms. The third kappa shape index (κ3) is 9.43. The second-order valence-electron chi connectivity index (χ2n) is 6.31. The minimum absolute atomic E-state index is 0.409. The van der Waals surface area contributed by atoms with Crippen LogP contribution in [0.2, 0.25) is 0 Å². The smallest absolute Gasteiger partial charge is 0.226 e. The first-order chi connectivity index (χ1) is 12.1. The van der Waals surface area contributed by atoms with E-state index < -0.39 is 0 Å². The maximum absolute atomic E-state index is 5.12. The molecule has 0 saturated carbocycles. The van der Waals surface area contributed by atoms with E-state index in [0.29, 0.717) is 17.8 Å². The zero-order chi connectivity index (χ0) is 18.5. The predicted molar refractivity (Wildman–Crippen MR) is 103 cm³/mol. The maximum Gasteiger partial charge on any atom is 0.226 e. The van der Waals surface area contributed by atoms with Crippen LogP contribution < -0.4 is 10.6 Å². The monoisotopic (exact) mass is 352 g/mol. The highest BCUT2D eigenvalue weighted by Crippen LogP contribution is 2.01. The summed E-state index contributed by atoms with van der Waals surface area (Å²) in [7, 11) is 0. The summed E-state index contributed by atoms with van der Waals surface area (Å²) in [6.45, 7) is 15.6. The van der Waals surface area contributed by atoms with Gasteiger partial charge in [-0.3, -0.25) is 4.99 Å². The molecule has 0 aliphatic heterocycles. The topological polar surface area (TPSA) is 78.6 Å². The van der Waals surface area contributed by atoms with Crippen molar-refractivity contribution in [3.8, 4) is 0 Å². The molecule has 0 aliphatic rings. The molecular formula is C18H36N6O. The number of aryl methyl sites for hydroxylation is 2. The molecule has 0 radical (unpaired) electrons. The molecule has 0 bridgehead atoms. The molecule has 7 heteroatoms. The van der Waals surface area contributed by atoms with Crippen LogP contribution in [0, 0.1) is 6.92 Å². The van der Waals surface area contributed by atoms with Crippen molar-refractivity contribution in [2.24, 2.45) is 4.99 Å². The quantitative estimate of drug-likeness (QED) is 0.342. The second-order valence-corrected chi connectivity index (χ2v) is 6.31. The molecule has 2 N–H and O–H groups in total. The van der Waals surface area contributed by atoms with Crippen molar-refractivity contribution < 1.29 is 4.52 Å². The molecule has 144 valence electrons. The Morgan fingerprint density at radius 2 is 2.00 bits per heavy atom. The van der Waals surface area contributed by atoms with Gasteiger partial charge in [0.2, 0.25) is 5.89 Å². The number of nitrogens with one attached hydrogen (secondary N) is 2. The minimum atomic E-state index is 0.409. The van der Waals surface area contributed by atoms with Gasteiger partial charge in [0.15, 0.2) is 11.8 Å². The standard InChI is InChI=1S/C18H36N6O/c1-6-19-18(20-13-9-12-17-22-16(5)23-25-17)21-15(4)11-10-14-24(7-2)8-3/h15H,6-14H2,1-5H3,(H2,19,20,21).